The second kappa shape index (κ2) is 9.59. The minimum atomic E-state index is -0.250. The number of aromatic amines is 1. The molecule has 0 aliphatic heterocycles. The molecule has 2 amide bonds. The molecule has 1 aromatic carbocycles. The summed E-state index contributed by atoms with van der Waals surface area (Å²) < 4.78 is 2.06. The highest BCUT2D eigenvalue weighted by Gasteiger charge is 2.12. The summed E-state index contributed by atoms with van der Waals surface area (Å²) in [5, 5.41) is 9.84. The van der Waals surface area contributed by atoms with E-state index in [-0.39, 0.29) is 12.5 Å². The van der Waals surface area contributed by atoms with Crippen LogP contribution in [-0.4, -0.2) is 50.6 Å². The fraction of sp³-hybridized carbons (Fsp3) is 0.350. The van der Waals surface area contributed by atoms with Crippen molar-refractivity contribution in [2.75, 3.05) is 13.6 Å². The van der Waals surface area contributed by atoms with Crippen LogP contribution in [0.5, 0.6) is 0 Å². The Kier molecular flexibility index (Phi) is 7.20. The van der Waals surface area contributed by atoms with Crippen LogP contribution in [0.15, 0.2) is 30.5 Å². The van der Waals surface area contributed by atoms with Gasteiger partial charge in [-0.15, -0.1) is 0 Å². The first-order valence-electron chi connectivity index (χ1n) is 8.98. The molecule has 8 nitrogen and oxygen atoms in total. The number of carbonyl (C=O) groups is 2. The predicted molar refractivity (Wildman–Crippen MR) is 108 cm³/mol. The highest BCUT2D eigenvalue weighted by molar-refractivity contribution is 5.77. The molecule has 28 heavy (non-hydrogen) atoms. The minimum Gasteiger partial charge on any atom is -0.483 e. The molecular weight excluding hydrogens is 358 g/mol. The van der Waals surface area contributed by atoms with E-state index in [1.54, 1.807) is 11.9 Å². The first-order valence-corrected chi connectivity index (χ1v) is 8.98. The summed E-state index contributed by atoms with van der Waals surface area (Å²) in [5.41, 5.74) is 5.60. The summed E-state index contributed by atoms with van der Waals surface area (Å²) in [6, 6.07) is 8.15. The molecule has 150 valence electrons. The fourth-order valence-corrected chi connectivity index (χ4v) is 2.88. The Hall–Kier alpha value is -3.29. The van der Waals surface area contributed by atoms with Gasteiger partial charge in [-0.25, -0.2) is 9.78 Å². The summed E-state index contributed by atoms with van der Waals surface area (Å²) in [6.07, 6.45) is 2.82. The maximum atomic E-state index is 12.3. The van der Waals surface area contributed by atoms with E-state index in [9.17, 15) is 4.79 Å². The number of carbonyl (C=O) groups excluding carboxylic acids is 1. The molecule has 0 spiro atoms. The van der Waals surface area contributed by atoms with Gasteiger partial charge in [0.25, 0.3) is 6.47 Å². The molecule has 0 atom stereocenters. The van der Waals surface area contributed by atoms with Gasteiger partial charge in [-0.2, -0.15) is 0 Å². The number of H-pyrrole nitrogens is 1. The Labute approximate surface area is 164 Å². The third-order valence-corrected chi connectivity index (χ3v) is 4.59. The van der Waals surface area contributed by atoms with Crippen molar-refractivity contribution in [3.05, 3.63) is 53.1 Å². The van der Waals surface area contributed by atoms with Crippen LogP contribution in [0.1, 0.15) is 22.6 Å². The number of carboxylic acid groups (broad SMARTS) is 1. The number of nitrogens with zero attached hydrogens (tertiary/aromatic N) is 3. The van der Waals surface area contributed by atoms with Gasteiger partial charge in [-0.1, -0.05) is 0 Å². The SMILES string of the molecule is Cc1cc2nc(CN(C)C(=O)NCCc3cccn3C)[nH]c2cc1C.O=CO. The van der Waals surface area contributed by atoms with Gasteiger partial charge in [-0.3, -0.25) is 4.79 Å². The van der Waals surface area contributed by atoms with E-state index in [1.807, 2.05) is 19.3 Å². The third-order valence-electron chi connectivity index (χ3n) is 4.59. The van der Waals surface area contributed by atoms with Crippen molar-refractivity contribution in [2.24, 2.45) is 7.05 Å². The van der Waals surface area contributed by atoms with Crippen molar-refractivity contribution in [1.82, 2.24) is 24.8 Å². The number of hydrogen-bond donors (Lipinski definition) is 3. The van der Waals surface area contributed by atoms with Crippen LogP contribution in [0.4, 0.5) is 4.79 Å². The molecule has 0 bridgehead atoms. The van der Waals surface area contributed by atoms with Gasteiger partial charge in [0.15, 0.2) is 0 Å². The smallest absolute Gasteiger partial charge is 0.317 e. The number of fused-ring (bicyclic) bond motifs is 1. The van der Waals surface area contributed by atoms with Crippen LogP contribution < -0.4 is 5.32 Å². The van der Waals surface area contributed by atoms with Crippen LogP contribution >= 0.6 is 0 Å². The molecule has 3 rings (SSSR count). The molecule has 0 radical (unpaired) electrons. The number of urea groups is 1. The first-order chi connectivity index (χ1) is 13.3. The number of imidazole rings is 1. The van der Waals surface area contributed by atoms with E-state index in [1.165, 1.54) is 16.8 Å². The molecule has 0 saturated heterocycles. The number of nitrogens with one attached hydrogen (secondary N) is 2. The van der Waals surface area contributed by atoms with E-state index in [0.717, 1.165) is 23.3 Å². The zero-order valence-corrected chi connectivity index (χ0v) is 16.7. The Bertz CT molecular complexity index is 906. The molecule has 0 fully saturated rings. The lowest BCUT2D eigenvalue weighted by atomic mass is 10.1. The lowest BCUT2D eigenvalue weighted by molar-refractivity contribution is -0.122. The highest BCUT2D eigenvalue weighted by Crippen LogP contribution is 2.17. The van der Waals surface area contributed by atoms with E-state index < -0.39 is 0 Å². The maximum Gasteiger partial charge on any atom is 0.317 e. The second-order valence-electron chi connectivity index (χ2n) is 6.69. The molecule has 2 heterocycles. The Morgan fingerprint density at radius 1 is 1.36 bits per heavy atom. The average molecular weight is 385 g/mol. The quantitative estimate of drug-likeness (QED) is 0.587. The molecule has 2 aromatic heterocycles. The number of aryl methyl sites for hydroxylation is 3. The molecule has 0 aliphatic carbocycles. The van der Waals surface area contributed by atoms with Crippen LogP contribution in [0, 0.1) is 13.8 Å². The van der Waals surface area contributed by atoms with Gasteiger partial charge in [-0.05, 0) is 49.2 Å². The Morgan fingerprint density at radius 2 is 2.04 bits per heavy atom. The summed E-state index contributed by atoms with van der Waals surface area (Å²) in [7, 11) is 3.79. The number of amides is 2. The monoisotopic (exact) mass is 385 g/mol. The van der Waals surface area contributed by atoms with E-state index in [2.05, 4.69) is 51.9 Å². The molecule has 0 aliphatic rings. The Morgan fingerprint density at radius 3 is 2.68 bits per heavy atom. The summed E-state index contributed by atoms with van der Waals surface area (Å²) in [5.74, 6) is 0.792. The highest BCUT2D eigenvalue weighted by atomic mass is 16.3. The van der Waals surface area contributed by atoms with Gasteiger partial charge in [0, 0.05) is 39.0 Å². The van der Waals surface area contributed by atoms with E-state index >= 15 is 0 Å². The summed E-state index contributed by atoms with van der Waals surface area (Å²) in [6.45, 7) is 4.97. The lowest BCUT2D eigenvalue weighted by Crippen LogP contribution is -2.38. The van der Waals surface area contributed by atoms with E-state index in [0.29, 0.717) is 13.1 Å². The van der Waals surface area contributed by atoms with Crippen molar-refractivity contribution < 1.29 is 14.7 Å². The van der Waals surface area contributed by atoms with E-state index in [4.69, 9.17) is 9.90 Å². The van der Waals surface area contributed by atoms with Crippen molar-refractivity contribution in [1.29, 1.82) is 0 Å². The lowest BCUT2D eigenvalue weighted by Gasteiger charge is -2.16. The van der Waals surface area contributed by atoms with Crippen molar-refractivity contribution in [2.45, 2.75) is 26.8 Å². The number of aromatic nitrogens is 3. The van der Waals surface area contributed by atoms with Crippen molar-refractivity contribution in [3.8, 4) is 0 Å². The zero-order valence-electron chi connectivity index (χ0n) is 16.7. The maximum absolute atomic E-state index is 12.3. The standard InChI is InChI=1S/C19H25N5O.CH2O2/c1-13-10-16-17(11-14(13)2)22-18(21-16)12-24(4)19(25)20-8-7-15-6-5-9-23(15)3;2-1-3/h5-6,9-11H,7-8,12H2,1-4H3,(H,20,25)(H,21,22);1H,(H,2,3). The van der Waals surface area contributed by atoms with Crippen molar-refractivity contribution in [3.63, 3.8) is 0 Å². The largest absolute Gasteiger partial charge is 0.483 e. The van der Waals surface area contributed by atoms with Crippen LogP contribution in [0.2, 0.25) is 0 Å². The number of hydrogen-bond acceptors (Lipinski definition) is 3. The van der Waals surface area contributed by atoms with Crippen LogP contribution in [0.3, 0.4) is 0 Å². The average Bonchev–Trinajstić information content (AvgIpc) is 3.21. The molecule has 8 heteroatoms. The predicted octanol–water partition coefficient (Wildman–Crippen LogP) is 2.60. The molecule has 0 saturated carbocycles. The number of benzene rings is 1. The van der Waals surface area contributed by atoms with Gasteiger partial charge >= 0.3 is 6.03 Å². The first kappa shape index (κ1) is 21.0. The molecular formula is C20H27N5O3. The van der Waals surface area contributed by atoms with Gasteiger partial charge < -0.3 is 24.9 Å². The van der Waals surface area contributed by atoms with Gasteiger partial charge in [0.1, 0.15) is 5.82 Å². The zero-order chi connectivity index (χ0) is 20.7. The van der Waals surface area contributed by atoms with Crippen LogP contribution in [-0.2, 0) is 24.8 Å². The molecule has 0 unspecified atom stereocenters. The van der Waals surface area contributed by atoms with Crippen LogP contribution in [0.25, 0.3) is 11.0 Å². The van der Waals surface area contributed by atoms with Gasteiger partial charge in [0.05, 0.1) is 17.6 Å². The normalized spacial score (nSPS) is 10.3. The minimum absolute atomic E-state index is 0.0953. The summed E-state index contributed by atoms with van der Waals surface area (Å²) in [4.78, 5) is 30.1. The summed E-state index contributed by atoms with van der Waals surface area (Å²) >= 11 is 0. The molecule has 3 N–H and O–H groups in total. The topological polar surface area (TPSA) is 103 Å². The second-order valence-corrected chi connectivity index (χ2v) is 6.69. The van der Waals surface area contributed by atoms with Gasteiger partial charge in [0.2, 0.25) is 0 Å². The fourth-order valence-electron chi connectivity index (χ4n) is 2.88. The molecule has 3 aromatic rings. The Balaban J connectivity index is 0.000000878. The number of rotatable bonds is 5. The van der Waals surface area contributed by atoms with Crippen molar-refractivity contribution >= 4 is 23.5 Å². The third kappa shape index (κ3) is 5.35.